The van der Waals surface area contributed by atoms with E-state index >= 15 is 0 Å². The first kappa shape index (κ1) is 15.3. The van der Waals surface area contributed by atoms with Gasteiger partial charge in [0.2, 0.25) is 5.91 Å². The molecule has 2 saturated heterocycles. The van der Waals surface area contributed by atoms with Crippen molar-refractivity contribution < 1.29 is 14.3 Å². The van der Waals surface area contributed by atoms with Crippen molar-refractivity contribution in [3.05, 3.63) is 30.3 Å². The Morgan fingerprint density at radius 1 is 1.27 bits per heavy atom. The molecule has 22 heavy (non-hydrogen) atoms. The monoisotopic (exact) mass is 304 g/mol. The van der Waals surface area contributed by atoms with E-state index < -0.39 is 0 Å². The van der Waals surface area contributed by atoms with Crippen molar-refractivity contribution in [2.45, 2.75) is 18.9 Å². The number of carbonyl (C=O) groups excluding carboxylic acids is 1. The fourth-order valence-corrected chi connectivity index (χ4v) is 3.00. The van der Waals surface area contributed by atoms with Gasteiger partial charge in [-0.05, 0) is 30.9 Å². The molecule has 0 aromatic heterocycles. The third kappa shape index (κ3) is 3.99. The molecule has 2 aliphatic rings. The highest BCUT2D eigenvalue weighted by Gasteiger charge is 2.29. The second-order valence-corrected chi connectivity index (χ2v) is 5.97. The van der Waals surface area contributed by atoms with Crippen LogP contribution in [-0.4, -0.2) is 56.3 Å². The molecular weight excluding hydrogens is 280 g/mol. The summed E-state index contributed by atoms with van der Waals surface area (Å²) < 4.78 is 11.2. The Kier molecular flexibility index (Phi) is 5.29. The molecule has 5 nitrogen and oxygen atoms in total. The van der Waals surface area contributed by atoms with Crippen LogP contribution in [0.1, 0.15) is 12.8 Å². The third-order valence-electron chi connectivity index (χ3n) is 4.37. The molecule has 0 bridgehead atoms. The maximum atomic E-state index is 12.4. The Bertz CT molecular complexity index is 466. The number of nitrogens with one attached hydrogen (secondary N) is 1. The first-order valence-electron chi connectivity index (χ1n) is 8.10. The van der Waals surface area contributed by atoms with E-state index in [1.54, 1.807) is 0 Å². The number of nitrogens with zero attached hydrogens (tertiary/aromatic N) is 1. The predicted molar refractivity (Wildman–Crippen MR) is 83.9 cm³/mol. The summed E-state index contributed by atoms with van der Waals surface area (Å²) in [6, 6.07) is 9.75. The predicted octanol–water partition coefficient (Wildman–Crippen LogP) is 1.29. The van der Waals surface area contributed by atoms with E-state index in [-0.39, 0.29) is 11.9 Å². The Morgan fingerprint density at radius 2 is 2.05 bits per heavy atom. The number of para-hydroxylation sites is 1. The minimum Gasteiger partial charge on any atom is -0.493 e. The lowest BCUT2D eigenvalue weighted by atomic mass is 9.97. The summed E-state index contributed by atoms with van der Waals surface area (Å²) in [5.41, 5.74) is 0. The first-order chi connectivity index (χ1) is 10.8. The van der Waals surface area contributed by atoms with Crippen molar-refractivity contribution in [2.24, 2.45) is 5.92 Å². The van der Waals surface area contributed by atoms with Gasteiger partial charge in [0.05, 0.1) is 19.8 Å². The Hall–Kier alpha value is -1.59. The van der Waals surface area contributed by atoms with E-state index in [2.05, 4.69) is 5.32 Å². The van der Waals surface area contributed by atoms with Crippen molar-refractivity contribution in [1.82, 2.24) is 10.2 Å². The minimum atomic E-state index is -0.161. The average Bonchev–Trinajstić information content (AvgIpc) is 2.61. The summed E-state index contributed by atoms with van der Waals surface area (Å²) in [6.07, 6.45) is 2.01. The summed E-state index contributed by atoms with van der Waals surface area (Å²) in [6.45, 7) is 4.33. The van der Waals surface area contributed by atoms with Gasteiger partial charge in [-0.2, -0.15) is 0 Å². The number of morpholine rings is 1. The minimum absolute atomic E-state index is 0.161. The van der Waals surface area contributed by atoms with Crippen molar-refractivity contribution in [3.63, 3.8) is 0 Å². The quantitative estimate of drug-likeness (QED) is 0.911. The molecule has 1 amide bonds. The number of carbonyl (C=O) groups is 1. The van der Waals surface area contributed by atoms with Crippen LogP contribution in [0.15, 0.2) is 30.3 Å². The summed E-state index contributed by atoms with van der Waals surface area (Å²) in [4.78, 5) is 14.4. The van der Waals surface area contributed by atoms with Gasteiger partial charge in [-0.1, -0.05) is 18.2 Å². The number of ether oxygens (including phenoxy) is 2. The van der Waals surface area contributed by atoms with Gasteiger partial charge in [-0.25, -0.2) is 0 Å². The zero-order chi connectivity index (χ0) is 15.2. The number of hydrogen-bond donors (Lipinski definition) is 1. The smallest absolute Gasteiger partial charge is 0.242 e. The average molecular weight is 304 g/mol. The molecule has 2 heterocycles. The largest absolute Gasteiger partial charge is 0.493 e. The van der Waals surface area contributed by atoms with Crippen LogP contribution >= 0.6 is 0 Å². The van der Waals surface area contributed by atoms with Crippen LogP contribution in [0.3, 0.4) is 0 Å². The zero-order valence-electron chi connectivity index (χ0n) is 12.9. The number of amides is 1. The molecule has 5 heteroatoms. The van der Waals surface area contributed by atoms with E-state index in [1.807, 2.05) is 35.2 Å². The SMILES string of the molecule is O=C(C1COCCN1)N1CCC(COc2ccccc2)CC1. The third-order valence-corrected chi connectivity index (χ3v) is 4.37. The highest BCUT2D eigenvalue weighted by molar-refractivity contribution is 5.82. The highest BCUT2D eigenvalue weighted by atomic mass is 16.5. The molecule has 0 radical (unpaired) electrons. The van der Waals surface area contributed by atoms with Crippen LogP contribution in [0.2, 0.25) is 0 Å². The van der Waals surface area contributed by atoms with Gasteiger partial charge in [0.1, 0.15) is 11.8 Å². The maximum Gasteiger partial charge on any atom is 0.242 e. The van der Waals surface area contributed by atoms with E-state index in [1.165, 1.54) is 0 Å². The van der Waals surface area contributed by atoms with E-state index in [4.69, 9.17) is 9.47 Å². The molecule has 1 N–H and O–H groups in total. The van der Waals surface area contributed by atoms with Crippen molar-refractivity contribution >= 4 is 5.91 Å². The van der Waals surface area contributed by atoms with Crippen LogP contribution in [0.25, 0.3) is 0 Å². The number of rotatable bonds is 4. The van der Waals surface area contributed by atoms with Crippen LogP contribution in [0, 0.1) is 5.92 Å². The second kappa shape index (κ2) is 7.61. The molecule has 0 saturated carbocycles. The van der Waals surface area contributed by atoms with Crippen LogP contribution in [0.5, 0.6) is 5.75 Å². The molecule has 2 aliphatic heterocycles. The molecule has 1 atom stereocenters. The summed E-state index contributed by atoms with van der Waals surface area (Å²) in [7, 11) is 0. The van der Waals surface area contributed by atoms with E-state index in [0.29, 0.717) is 19.1 Å². The molecule has 1 aromatic carbocycles. The molecule has 3 rings (SSSR count). The molecule has 0 aliphatic carbocycles. The normalized spacial score (nSPS) is 23.3. The molecular formula is C17H24N2O3. The fourth-order valence-electron chi connectivity index (χ4n) is 3.00. The highest BCUT2D eigenvalue weighted by Crippen LogP contribution is 2.20. The van der Waals surface area contributed by atoms with Gasteiger partial charge in [0.25, 0.3) is 0 Å². The van der Waals surface area contributed by atoms with E-state index in [0.717, 1.165) is 44.8 Å². The van der Waals surface area contributed by atoms with Crippen LogP contribution < -0.4 is 10.1 Å². The zero-order valence-corrected chi connectivity index (χ0v) is 12.9. The molecule has 120 valence electrons. The lowest BCUT2D eigenvalue weighted by Crippen LogP contribution is -2.54. The first-order valence-corrected chi connectivity index (χ1v) is 8.10. The standard InChI is InChI=1S/C17H24N2O3/c20-17(16-13-21-11-8-18-16)19-9-6-14(7-10-19)12-22-15-4-2-1-3-5-15/h1-5,14,16,18H,6-13H2. The van der Waals surface area contributed by atoms with Gasteiger partial charge in [-0.3, -0.25) is 4.79 Å². The van der Waals surface area contributed by atoms with Gasteiger partial charge >= 0.3 is 0 Å². The Balaban J connectivity index is 1.41. The topological polar surface area (TPSA) is 50.8 Å². The number of benzene rings is 1. The van der Waals surface area contributed by atoms with Crippen molar-refractivity contribution in [1.29, 1.82) is 0 Å². The number of likely N-dealkylation sites (tertiary alicyclic amines) is 1. The van der Waals surface area contributed by atoms with Crippen LogP contribution in [0.4, 0.5) is 0 Å². The fraction of sp³-hybridized carbons (Fsp3) is 0.588. The molecule has 1 unspecified atom stereocenters. The van der Waals surface area contributed by atoms with E-state index in [9.17, 15) is 4.79 Å². The van der Waals surface area contributed by atoms with Gasteiger partial charge < -0.3 is 19.7 Å². The maximum absolute atomic E-state index is 12.4. The van der Waals surface area contributed by atoms with Gasteiger partial charge in [0.15, 0.2) is 0 Å². The van der Waals surface area contributed by atoms with Crippen molar-refractivity contribution in [2.75, 3.05) is 39.5 Å². The number of piperidine rings is 1. The second-order valence-electron chi connectivity index (χ2n) is 5.97. The van der Waals surface area contributed by atoms with Gasteiger partial charge in [-0.15, -0.1) is 0 Å². The van der Waals surface area contributed by atoms with Gasteiger partial charge in [0, 0.05) is 19.6 Å². The Labute approximate surface area is 131 Å². The summed E-state index contributed by atoms with van der Waals surface area (Å²) in [5.74, 6) is 1.63. The molecule has 1 aromatic rings. The Morgan fingerprint density at radius 3 is 2.73 bits per heavy atom. The summed E-state index contributed by atoms with van der Waals surface area (Å²) >= 11 is 0. The molecule has 0 spiro atoms. The van der Waals surface area contributed by atoms with Crippen molar-refractivity contribution in [3.8, 4) is 5.75 Å². The van der Waals surface area contributed by atoms with Crippen LogP contribution in [-0.2, 0) is 9.53 Å². The summed E-state index contributed by atoms with van der Waals surface area (Å²) in [5, 5.41) is 3.23. The number of hydrogen-bond acceptors (Lipinski definition) is 4. The lowest BCUT2D eigenvalue weighted by molar-refractivity contribution is -0.137. The molecule has 2 fully saturated rings. The lowest BCUT2D eigenvalue weighted by Gasteiger charge is -2.35.